The number of aromatic nitrogens is 3. The van der Waals surface area contributed by atoms with Crippen molar-refractivity contribution in [1.29, 1.82) is 0 Å². The number of amides is 1. The Kier molecular flexibility index (Phi) is 5.62. The number of rotatable bonds is 5. The van der Waals surface area contributed by atoms with Crippen molar-refractivity contribution in [2.75, 3.05) is 19.1 Å². The first-order chi connectivity index (χ1) is 16.9. The number of ether oxygens (including phenoxy) is 2. The molecule has 1 amide bonds. The van der Waals surface area contributed by atoms with Gasteiger partial charge in [0.25, 0.3) is 5.78 Å². The van der Waals surface area contributed by atoms with Gasteiger partial charge in [0.2, 0.25) is 5.95 Å². The summed E-state index contributed by atoms with van der Waals surface area (Å²) >= 11 is 6.21. The number of imidazole rings is 1. The first-order valence-electron chi connectivity index (χ1n) is 10.5. The van der Waals surface area contributed by atoms with Crippen LogP contribution in [-0.4, -0.2) is 46.0 Å². The van der Waals surface area contributed by atoms with Gasteiger partial charge in [-0.3, -0.25) is 19.5 Å². The molecule has 176 valence electrons. The monoisotopic (exact) mass is 490 g/mol. The molecule has 3 heterocycles. The van der Waals surface area contributed by atoms with Crippen molar-refractivity contribution in [3.05, 3.63) is 82.6 Å². The van der Waals surface area contributed by atoms with Crippen molar-refractivity contribution in [1.82, 2.24) is 15.0 Å². The number of Topliss-reactive ketones (excluding diaryl/α,β-unsaturated/α-hetero) is 1. The Morgan fingerprint density at radius 1 is 1.09 bits per heavy atom. The molecular weight excluding hydrogens is 472 g/mol. The number of halogens is 1. The molecule has 1 aliphatic rings. The highest BCUT2D eigenvalue weighted by atomic mass is 35.5. The molecule has 0 saturated carbocycles. The van der Waals surface area contributed by atoms with Gasteiger partial charge >= 0.3 is 5.91 Å². The maximum Gasteiger partial charge on any atom is 0.302 e. The van der Waals surface area contributed by atoms with Crippen molar-refractivity contribution >= 4 is 46.0 Å². The van der Waals surface area contributed by atoms with Gasteiger partial charge < -0.3 is 19.6 Å². The summed E-state index contributed by atoms with van der Waals surface area (Å²) in [5, 5.41) is 11.7. The number of H-pyrrole nitrogens is 1. The van der Waals surface area contributed by atoms with E-state index in [1.807, 2.05) is 18.2 Å². The van der Waals surface area contributed by atoms with E-state index in [4.69, 9.17) is 21.1 Å². The zero-order valence-corrected chi connectivity index (χ0v) is 19.4. The van der Waals surface area contributed by atoms with Crippen LogP contribution in [-0.2, 0) is 9.59 Å². The number of nitrogens with one attached hydrogen (secondary N) is 1. The second-order valence-electron chi connectivity index (χ2n) is 7.72. The molecule has 1 saturated heterocycles. The zero-order chi connectivity index (χ0) is 24.7. The molecular formula is C25H19ClN4O5. The molecule has 2 N–H and O–H groups in total. The highest BCUT2D eigenvalue weighted by Gasteiger charge is 2.48. The van der Waals surface area contributed by atoms with Crippen molar-refractivity contribution in [3.63, 3.8) is 0 Å². The van der Waals surface area contributed by atoms with Crippen molar-refractivity contribution in [2.45, 2.75) is 6.04 Å². The van der Waals surface area contributed by atoms with Crippen LogP contribution in [0.15, 0.2) is 66.5 Å². The van der Waals surface area contributed by atoms with Crippen LogP contribution in [0.4, 0.5) is 5.95 Å². The number of hydrogen-bond donors (Lipinski definition) is 2. The highest BCUT2D eigenvalue weighted by molar-refractivity contribution is 6.51. The molecule has 0 spiro atoms. The summed E-state index contributed by atoms with van der Waals surface area (Å²) < 4.78 is 10.7. The molecule has 0 bridgehead atoms. The van der Waals surface area contributed by atoms with E-state index in [1.165, 1.54) is 37.4 Å². The summed E-state index contributed by atoms with van der Waals surface area (Å²) in [6.45, 7) is 0. The van der Waals surface area contributed by atoms with E-state index in [0.717, 1.165) is 0 Å². The van der Waals surface area contributed by atoms with E-state index in [0.29, 0.717) is 16.6 Å². The molecule has 0 aliphatic carbocycles. The van der Waals surface area contributed by atoms with Crippen LogP contribution in [0.5, 0.6) is 11.5 Å². The molecule has 10 heteroatoms. The number of fused-ring (bicyclic) bond motifs is 1. The lowest BCUT2D eigenvalue weighted by atomic mass is 9.96. The maximum atomic E-state index is 13.4. The molecule has 1 atom stereocenters. The van der Waals surface area contributed by atoms with Gasteiger partial charge in [-0.15, -0.1) is 0 Å². The van der Waals surface area contributed by atoms with Crippen LogP contribution in [0.3, 0.4) is 0 Å². The number of aliphatic hydroxyl groups excluding tert-OH is 1. The van der Waals surface area contributed by atoms with E-state index < -0.39 is 23.5 Å². The predicted octanol–water partition coefficient (Wildman–Crippen LogP) is 4.25. The molecule has 1 fully saturated rings. The normalized spacial score (nSPS) is 17.2. The number of anilines is 1. The number of aromatic amines is 1. The Bertz CT molecular complexity index is 1470. The number of ketones is 1. The topological polar surface area (TPSA) is 118 Å². The van der Waals surface area contributed by atoms with E-state index in [9.17, 15) is 14.7 Å². The Hall–Kier alpha value is -4.37. The van der Waals surface area contributed by atoms with E-state index in [-0.39, 0.29) is 33.6 Å². The third kappa shape index (κ3) is 3.66. The largest absolute Gasteiger partial charge is 0.507 e. The minimum atomic E-state index is -1.00. The van der Waals surface area contributed by atoms with Gasteiger partial charge in [-0.1, -0.05) is 29.8 Å². The summed E-state index contributed by atoms with van der Waals surface area (Å²) in [6.07, 6.45) is 3.10. The average molecular weight is 491 g/mol. The fourth-order valence-electron chi connectivity index (χ4n) is 4.15. The minimum absolute atomic E-state index is 0.144. The molecule has 4 aromatic rings. The van der Waals surface area contributed by atoms with E-state index >= 15 is 0 Å². The summed E-state index contributed by atoms with van der Waals surface area (Å²) in [7, 11) is 2.83. The molecule has 5 rings (SSSR count). The third-order valence-electron chi connectivity index (χ3n) is 5.78. The van der Waals surface area contributed by atoms with Crippen molar-refractivity contribution in [2.24, 2.45) is 0 Å². The van der Waals surface area contributed by atoms with Crippen LogP contribution in [0, 0.1) is 0 Å². The van der Waals surface area contributed by atoms with Crippen LogP contribution < -0.4 is 14.4 Å². The number of carbonyl (C=O) groups is 2. The number of carbonyl (C=O) groups excluding carboxylic acids is 2. The van der Waals surface area contributed by atoms with E-state index in [1.54, 1.807) is 24.4 Å². The predicted molar refractivity (Wildman–Crippen MR) is 130 cm³/mol. The Labute approximate surface area is 204 Å². The molecule has 2 aromatic heterocycles. The Balaban J connectivity index is 1.76. The number of methoxy groups -OCH3 is 2. The standard InChI is InChI=1S/C25H19ClN4O5/c1-34-18-11-15(26)19(35-2)10-14(18)22(31)20-21(13-6-5-9-27-12-13)30(24(33)23(20)32)25-28-16-7-3-4-8-17(16)29-25/h3-12,21,31H,1-2H3,(H,28,29)/b22-20+. The minimum Gasteiger partial charge on any atom is -0.507 e. The second kappa shape index (κ2) is 8.77. The number of aliphatic hydroxyl groups is 1. The summed E-state index contributed by atoms with van der Waals surface area (Å²) in [6, 6.07) is 12.6. The van der Waals surface area contributed by atoms with Crippen LogP contribution in [0.1, 0.15) is 17.2 Å². The lowest BCUT2D eigenvalue weighted by Gasteiger charge is -2.23. The Morgan fingerprint density at radius 2 is 1.86 bits per heavy atom. The van der Waals surface area contributed by atoms with Crippen LogP contribution >= 0.6 is 11.6 Å². The summed E-state index contributed by atoms with van der Waals surface area (Å²) in [5.41, 5.74) is 1.82. The number of hydrogen-bond acceptors (Lipinski definition) is 7. The van der Waals surface area contributed by atoms with Crippen LogP contribution in [0.25, 0.3) is 16.8 Å². The molecule has 9 nitrogen and oxygen atoms in total. The van der Waals surface area contributed by atoms with Gasteiger partial charge in [0.1, 0.15) is 17.3 Å². The molecule has 1 aliphatic heterocycles. The fraction of sp³-hybridized carbons (Fsp3) is 0.120. The number of nitrogens with zero attached hydrogens (tertiary/aromatic N) is 3. The quantitative estimate of drug-likeness (QED) is 0.244. The van der Waals surface area contributed by atoms with Crippen molar-refractivity contribution in [3.8, 4) is 11.5 Å². The van der Waals surface area contributed by atoms with Crippen molar-refractivity contribution < 1.29 is 24.2 Å². The van der Waals surface area contributed by atoms with E-state index in [2.05, 4.69) is 15.0 Å². The molecule has 0 radical (unpaired) electrons. The number of para-hydroxylation sites is 2. The van der Waals surface area contributed by atoms with Gasteiger partial charge in [0.15, 0.2) is 0 Å². The maximum absolute atomic E-state index is 13.4. The number of pyridine rings is 1. The molecule has 1 unspecified atom stereocenters. The van der Waals surface area contributed by atoms with Gasteiger partial charge in [-0.2, -0.15) is 0 Å². The summed E-state index contributed by atoms with van der Waals surface area (Å²) in [4.78, 5) is 39.6. The lowest BCUT2D eigenvalue weighted by molar-refractivity contribution is -0.132. The van der Waals surface area contributed by atoms with Gasteiger partial charge in [0.05, 0.1) is 47.5 Å². The zero-order valence-electron chi connectivity index (χ0n) is 18.7. The second-order valence-corrected chi connectivity index (χ2v) is 8.13. The first-order valence-corrected chi connectivity index (χ1v) is 10.9. The average Bonchev–Trinajstić information content (AvgIpc) is 3.42. The first kappa shape index (κ1) is 22.4. The smallest absolute Gasteiger partial charge is 0.302 e. The lowest BCUT2D eigenvalue weighted by Crippen LogP contribution is -2.30. The highest BCUT2D eigenvalue weighted by Crippen LogP contribution is 2.44. The number of benzene rings is 2. The molecule has 35 heavy (non-hydrogen) atoms. The molecule has 2 aromatic carbocycles. The fourth-order valence-corrected chi connectivity index (χ4v) is 4.38. The van der Waals surface area contributed by atoms with Gasteiger partial charge in [-0.25, -0.2) is 4.98 Å². The van der Waals surface area contributed by atoms with Crippen LogP contribution in [0.2, 0.25) is 5.02 Å². The van der Waals surface area contributed by atoms with Gasteiger partial charge in [0, 0.05) is 18.5 Å². The SMILES string of the molecule is COc1cc(/C(O)=C2\C(=O)C(=O)N(c3nc4ccccc4[nH]3)C2c2cccnc2)c(OC)cc1Cl. The Morgan fingerprint density at radius 3 is 2.54 bits per heavy atom. The third-order valence-corrected chi connectivity index (χ3v) is 6.07. The summed E-state index contributed by atoms with van der Waals surface area (Å²) in [5.74, 6) is -1.54. The van der Waals surface area contributed by atoms with Gasteiger partial charge in [-0.05, 0) is 29.8 Å².